The van der Waals surface area contributed by atoms with Crippen molar-refractivity contribution in [2.45, 2.75) is 24.5 Å². The molecule has 0 saturated carbocycles. The molecule has 0 bridgehead atoms. The monoisotopic (exact) mass is 467 g/mol. The van der Waals surface area contributed by atoms with Crippen molar-refractivity contribution in [1.29, 1.82) is 0 Å². The van der Waals surface area contributed by atoms with E-state index in [4.69, 9.17) is 11.6 Å². The average molecular weight is 468 g/mol. The number of aryl methyl sites for hydroxylation is 2. The van der Waals surface area contributed by atoms with E-state index >= 15 is 0 Å². The number of rotatable bonds is 8. The maximum atomic E-state index is 13.0. The van der Waals surface area contributed by atoms with Crippen molar-refractivity contribution in [3.05, 3.63) is 101 Å². The highest BCUT2D eigenvalue weighted by Gasteiger charge is 2.24. The molecule has 8 heteroatoms. The average Bonchev–Trinajstić information content (AvgIpc) is 3.16. The van der Waals surface area contributed by atoms with Crippen LogP contribution < -0.4 is 4.72 Å². The Hall–Kier alpha value is -3.13. The number of nitrogens with one attached hydrogen (secondary N) is 1. The van der Waals surface area contributed by atoms with Gasteiger partial charge >= 0.3 is 0 Å². The van der Waals surface area contributed by atoms with E-state index in [0.29, 0.717) is 34.8 Å². The Morgan fingerprint density at radius 3 is 2.16 bits per heavy atom. The van der Waals surface area contributed by atoms with Gasteiger partial charge in [0.15, 0.2) is 5.82 Å². The van der Waals surface area contributed by atoms with E-state index in [0.717, 1.165) is 5.56 Å². The molecule has 1 heterocycles. The van der Waals surface area contributed by atoms with Crippen LogP contribution in [-0.2, 0) is 29.6 Å². The van der Waals surface area contributed by atoms with Gasteiger partial charge in [-0.2, -0.15) is 5.10 Å². The lowest BCUT2D eigenvalue weighted by Crippen LogP contribution is -2.14. The molecule has 4 aromatic rings. The zero-order chi connectivity index (χ0) is 22.6. The van der Waals surface area contributed by atoms with Gasteiger partial charge in [-0.1, -0.05) is 72.3 Å². The number of halogens is 1. The van der Waals surface area contributed by atoms with Gasteiger partial charge < -0.3 is 5.11 Å². The first kappa shape index (κ1) is 22.1. The second-order valence-corrected chi connectivity index (χ2v) is 9.33. The molecule has 0 aliphatic rings. The minimum Gasteiger partial charge on any atom is -0.390 e. The maximum absolute atomic E-state index is 13.0. The Morgan fingerprint density at radius 2 is 1.53 bits per heavy atom. The van der Waals surface area contributed by atoms with Crippen LogP contribution in [0.2, 0.25) is 5.02 Å². The molecule has 2 N–H and O–H groups in total. The van der Waals surface area contributed by atoms with Gasteiger partial charge in [-0.05, 0) is 41.8 Å². The summed E-state index contributed by atoms with van der Waals surface area (Å²) in [7, 11) is -3.86. The Labute approximate surface area is 192 Å². The number of aliphatic hydroxyl groups is 1. The quantitative estimate of drug-likeness (QED) is 0.392. The predicted molar refractivity (Wildman–Crippen MR) is 126 cm³/mol. The second-order valence-electron chi connectivity index (χ2n) is 7.21. The summed E-state index contributed by atoms with van der Waals surface area (Å²) >= 11 is 6.04. The van der Waals surface area contributed by atoms with Crippen molar-refractivity contribution in [2.24, 2.45) is 0 Å². The summed E-state index contributed by atoms with van der Waals surface area (Å²) in [5.74, 6) is 0.160. The third-order valence-electron chi connectivity index (χ3n) is 5.08. The minimum absolute atomic E-state index is 0.131. The van der Waals surface area contributed by atoms with E-state index in [2.05, 4.69) is 9.82 Å². The number of sulfonamides is 1. The lowest BCUT2D eigenvalue weighted by Gasteiger charge is -2.09. The van der Waals surface area contributed by atoms with E-state index in [1.54, 1.807) is 47.1 Å². The number of hydrogen-bond acceptors (Lipinski definition) is 4. The van der Waals surface area contributed by atoms with Crippen molar-refractivity contribution in [3.8, 4) is 11.1 Å². The summed E-state index contributed by atoms with van der Waals surface area (Å²) in [6.45, 7) is 0.181. The molecule has 0 fully saturated rings. The largest absolute Gasteiger partial charge is 0.390 e. The molecule has 1 aromatic heterocycles. The van der Waals surface area contributed by atoms with Gasteiger partial charge in [-0.25, -0.2) is 8.42 Å². The van der Waals surface area contributed by atoms with Crippen LogP contribution >= 0.6 is 11.6 Å². The maximum Gasteiger partial charge on any atom is 0.263 e. The lowest BCUT2D eigenvalue weighted by atomic mass is 10.1. The smallest absolute Gasteiger partial charge is 0.263 e. The molecule has 0 atom stereocenters. The third kappa shape index (κ3) is 4.85. The minimum atomic E-state index is -3.86. The summed E-state index contributed by atoms with van der Waals surface area (Å²) in [6.07, 6.45) is 0.681. The summed E-state index contributed by atoms with van der Waals surface area (Å²) in [6, 6.07) is 25.0. The normalized spacial score (nSPS) is 11.4. The number of aromatic nitrogens is 2. The predicted octanol–water partition coefficient (Wildman–Crippen LogP) is 4.74. The van der Waals surface area contributed by atoms with Crippen LogP contribution in [0.15, 0.2) is 89.8 Å². The topological polar surface area (TPSA) is 84.2 Å². The fraction of sp³-hybridized carbons (Fsp3) is 0.125. The molecule has 0 saturated heterocycles. The van der Waals surface area contributed by atoms with Crippen molar-refractivity contribution >= 4 is 27.4 Å². The van der Waals surface area contributed by atoms with Crippen LogP contribution in [0.3, 0.4) is 0 Å². The molecule has 3 aromatic carbocycles. The fourth-order valence-electron chi connectivity index (χ4n) is 3.50. The second kappa shape index (κ2) is 9.56. The molecule has 0 unspecified atom stereocenters. The van der Waals surface area contributed by atoms with E-state index in [9.17, 15) is 13.5 Å². The number of aliphatic hydroxyl groups excluding tert-OH is 1. The van der Waals surface area contributed by atoms with Gasteiger partial charge in [0.25, 0.3) is 10.0 Å². The molecule has 32 heavy (non-hydrogen) atoms. The highest BCUT2D eigenvalue weighted by molar-refractivity contribution is 7.92. The van der Waals surface area contributed by atoms with Gasteiger partial charge in [0.2, 0.25) is 0 Å². The van der Waals surface area contributed by atoms with E-state index in [1.165, 1.54) is 12.1 Å². The van der Waals surface area contributed by atoms with Crippen LogP contribution in [0, 0.1) is 0 Å². The first-order valence-electron chi connectivity index (χ1n) is 10.1. The van der Waals surface area contributed by atoms with Crippen molar-refractivity contribution in [1.82, 2.24) is 9.78 Å². The third-order valence-corrected chi connectivity index (χ3v) is 6.69. The molecule has 0 aliphatic heterocycles. The van der Waals surface area contributed by atoms with Gasteiger partial charge in [-0.15, -0.1) is 0 Å². The first-order chi connectivity index (χ1) is 15.5. The molecule has 6 nitrogen and oxygen atoms in total. The Kier molecular flexibility index (Phi) is 6.60. The molecule has 0 radical (unpaired) electrons. The number of benzene rings is 3. The summed E-state index contributed by atoms with van der Waals surface area (Å²) < 4.78 is 30.2. The molecule has 0 aliphatic carbocycles. The fourth-order valence-corrected chi connectivity index (χ4v) is 4.66. The van der Waals surface area contributed by atoms with Crippen LogP contribution in [-0.4, -0.2) is 23.3 Å². The number of nitrogens with zero attached hydrogens (tertiary/aromatic N) is 2. The number of hydrogen-bond donors (Lipinski definition) is 2. The zero-order valence-electron chi connectivity index (χ0n) is 17.1. The zero-order valence-corrected chi connectivity index (χ0v) is 18.7. The molecular formula is C24H22ClN3O3S. The Morgan fingerprint density at radius 1 is 0.906 bits per heavy atom. The van der Waals surface area contributed by atoms with Crippen molar-refractivity contribution < 1.29 is 13.5 Å². The molecule has 164 valence electrons. The van der Waals surface area contributed by atoms with Crippen LogP contribution in [0.25, 0.3) is 11.1 Å². The Bertz CT molecular complexity index is 1290. The first-order valence-corrected chi connectivity index (χ1v) is 11.9. The number of anilines is 1. The molecule has 0 amide bonds. The van der Waals surface area contributed by atoms with Gasteiger partial charge in [0.1, 0.15) is 0 Å². The summed E-state index contributed by atoms with van der Waals surface area (Å²) in [4.78, 5) is 0.131. The standard InChI is InChI=1S/C24H22ClN3O3S/c25-20-13-11-19(12-14-20)23-22(17-29)28(16-15-18-7-3-1-4-8-18)26-24(23)27-32(30,31)21-9-5-2-6-10-21/h1-14,29H,15-17H2,(H,26,27). The van der Waals surface area contributed by atoms with Gasteiger partial charge in [0.05, 0.1) is 22.8 Å². The highest BCUT2D eigenvalue weighted by Crippen LogP contribution is 2.34. The van der Waals surface area contributed by atoms with Crippen molar-refractivity contribution in [3.63, 3.8) is 0 Å². The molecule has 4 rings (SSSR count). The van der Waals surface area contributed by atoms with Crippen LogP contribution in [0.5, 0.6) is 0 Å². The summed E-state index contributed by atoms with van der Waals surface area (Å²) in [5.41, 5.74) is 2.87. The van der Waals surface area contributed by atoms with E-state index < -0.39 is 10.0 Å². The Balaban J connectivity index is 1.76. The van der Waals surface area contributed by atoms with Crippen LogP contribution in [0.4, 0.5) is 5.82 Å². The highest BCUT2D eigenvalue weighted by atomic mass is 35.5. The van der Waals surface area contributed by atoms with E-state index in [1.807, 2.05) is 30.3 Å². The molecular weight excluding hydrogens is 446 g/mol. The van der Waals surface area contributed by atoms with E-state index in [-0.39, 0.29) is 17.3 Å². The van der Waals surface area contributed by atoms with Gasteiger partial charge in [0, 0.05) is 11.6 Å². The van der Waals surface area contributed by atoms with Crippen molar-refractivity contribution in [2.75, 3.05) is 4.72 Å². The lowest BCUT2D eigenvalue weighted by molar-refractivity contribution is 0.268. The van der Waals surface area contributed by atoms with Crippen LogP contribution in [0.1, 0.15) is 11.3 Å². The molecule has 0 spiro atoms. The summed E-state index contributed by atoms with van der Waals surface area (Å²) in [5, 5.41) is 15.3. The SMILES string of the molecule is O=S(=O)(Nc1nn(CCc2ccccc2)c(CO)c1-c1ccc(Cl)cc1)c1ccccc1. The van der Waals surface area contributed by atoms with Gasteiger partial charge in [-0.3, -0.25) is 9.40 Å².